The quantitative estimate of drug-likeness (QED) is 0.0698. The first kappa shape index (κ1) is 65.3. The fourth-order valence-corrected chi connectivity index (χ4v) is 12.3. The molecule has 1 amide bonds. The van der Waals surface area contributed by atoms with Gasteiger partial charge in [0.2, 0.25) is 12.0 Å². The molecule has 24 nitrogen and oxygen atoms in total. The minimum Gasteiger partial charge on any atom is -0.477 e. The third kappa shape index (κ3) is 15.1. The van der Waals surface area contributed by atoms with Crippen molar-refractivity contribution >= 4 is 34.6 Å². The van der Waals surface area contributed by atoms with E-state index >= 15 is 0 Å². The SMILES string of the molecule is CC[C@H]1OC(=O)[C@H](C)[C@@H](O[C@H]2C[C@@](C)(OC)[C@@H](OC(=O)NCCOCCCc3cc4c5c(c3)c(=O)c(C(=O)O)cn5COC4)[C@H](C)O2)[C@H](C)[C@@H](O[C@H]2O[C@@H](C)C[C@@H](N(C)C)[C@@H]2O)[C@](C)(O)C[C@@H](C)/C(=N\OCC#N)[C@H](C)[C@@H](O)[C@]1(C)O. The lowest BCUT2D eigenvalue weighted by Gasteiger charge is -2.49. The molecule has 1 aromatic carbocycles. The van der Waals surface area contributed by atoms with E-state index in [0.29, 0.717) is 43.4 Å². The van der Waals surface area contributed by atoms with Crippen LogP contribution in [0.5, 0.6) is 0 Å². The molecule has 0 unspecified atom stereocenters. The number of aliphatic hydroxyl groups is 4. The molecule has 4 aliphatic rings. The number of esters is 1. The van der Waals surface area contributed by atoms with Gasteiger partial charge < -0.3 is 87.8 Å². The summed E-state index contributed by atoms with van der Waals surface area (Å²) in [5.74, 6) is -5.92. The average Bonchev–Trinajstić information content (AvgIpc) is 3.44. The zero-order valence-electron chi connectivity index (χ0n) is 49.1. The van der Waals surface area contributed by atoms with Crippen LogP contribution >= 0.6 is 0 Å². The zero-order valence-corrected chi connectivity index (χ0v) is 49.1. The van der Waals surface area contributed by atoms with Crippen molar-refractivity contribution in [3.8, 4) is 6.07 Å². The number of nitriles is 1. The van der Waals surface area contributed by atoms with E-state index in [9.17, 15) is 50.0 Å². The van der Waals surface area contributed by atoms with E-state index in [1.165, 1.54) is 27.2 Å². The summed E-state index contributed by atoms with van der Waals surface area (Å²) in [7, 11) is 5.12. The first-order valence-corrected chi connectivity index (χ1v) is 28.0. The monoisotopic (exact) mass is 1150 g/mol. The van der Waals surface area contributed by atoms with E-state index in [0.717, 1.165) is 11.1 Å². The van der Waals surface area contributed by atoms with E-state index < -0.39 is 132 Å². The van der Waals surface area contributed by atoms with Crippen LogP contribution in [0.25, 0.3) is 10.9 Å². The zero-order chi connectivity index (χ0) is 59.9. The van der Waals surface area contributed by atoms with E-state index in [1.807, 2.05) is 38.1 Å². The van der Waals surface area contributed by atoms with Crippen molar-refractivity contribution in [3.05, 3.63) is 45.2 Å². The molecule has 81 heavy (non-hydrogen) atoms. The lowest BCUT2D eigenvalue weighted by atomic mass is 9.73. The van der Waals surface area contributed by atoms with Crippen molar-refractivity contribution in [2.24, 2.45) is 28.8 Å². The van der Waals surface area contributed by atoms with Crippen LogP contribution in [0.3, 0.4) is 0 Å². The lowest BCUT2D eigenvalue weighted by molar-refractivity contribution is -0.317. The molecule has 6 N–H and O–H groups in total. The number of pyridine rings is 1. The highest BCUT2D eigenvalue weighted by Crippen LogP contribution is 2.42. The number of hydrogen-bond acceptors (Lipinski definition) is 21. The van der Waals surface area contributed by atoms with E-state index in [-0.39, 0.29) is 56.5 Å². The molecular weight excluding hydrogens is 1060 g/mol. The summed E-state index contributed by atoms with van der Waals surface area (Å²) in [6.07, 6.45) is -9.11. The van der Waals surface area contributed by atoms with Crippen LogP contribution in [-0.4, -0.2) is 191 Å². The van der Waals surface area contributed by atoms with Crippen molar-refractivity contribution in [2.45, 2.75) is 205 Å². The largest absolute Gasteiger partial charge is 0.477 e. The second kappa shape index (κ2) is 27.7. The maximum atomic E-state index is 14.6. The number of aromatic nitrogens is 1. The van der Waals surface area contributed by atoms with Gasteiger partial charge in [-0.1, -0.05) is 38.9 Å². The number of carboxylic acid groups (broad SMARTS) is 1. The molecule has 3 saturated heterocycles. The average molecular weight is 1150 g/mol. The summed E-state index contributed by atoms with van der Waals surface area (Å²) in [6.45, 7) is 17.1. The van der Waals surface area contributed by atoms with Gasteiger partial charge in [0.05, 0.1) is 66.5 Å². The number of rotatable bonds is 18. The highest BCUT2D eigenvalue weighted by atomic mass is 16.7. The van der Waals surface area contributed by atoms with Crippen LogP contribution in [-0.2, 0) is 72.0 Å². The van der Waals surface area contributed by atoms with Gasteiger partial charge in [0.15, 0.2) is 18.7 Å². The van der Waals surface area contributed by atoms with Crippen molar-refractivity contribution in [1.29, 1.82) is 5.26 Å². The summed E-state index contributed by atoms with van der Waals surface area (Å²) >= 11 is 0. The van der Waals surface area contributed by atoms with Crippen molar-refractivity contribution < 1.29 is 87.4 Å². The molecule has 0 radical (unpaired) electrons. The Labute approximate surface area is 473 Å². The van der Waals surface area contributed by atoms with E-state index in [2.05, 4.69) is 10.5 Å². The van der Waals surface area contributed by atoms with Gasteiger partial charge >= 0.3 is 18.0 Å². The Kier molecular flexibility index (Phi) is 22.3. The van der Waals surface area contributed by atoms with Crippen molar-refractivity contribution in [2.75, 3.05) is 47.6 Å². The number of likely N-dealkylation sites (N-methyl/N-ethyl adjacent to an activating group) is 1. The number of amides is 1. The lowest BCUT2D eigenvalue weighted by Crippen LogP contribution is -2.61. The summed E-state index contributed by atoms with van der Waals surface area (Å²) in [5.41, 5.74) is -3.55. The van der Waals surface area contributed by atoms with Gasteiger partial charge in [0.1, 0.15) is 41.8 Å². The molecule has 454 valence electrons. The number of nitrogens with zero attached hydrogens (tertiary/aromatic N) is 4. The molecule has 0 saturated carbocycles. The van der Waals surface area contributed by atoms with Gasteiger partial charge in [0.25, 0.3) is 0 Å². The molecule has 0 aliphatic carbocycles. The number of hydrogen-bond donors (Lipinski definition) is 6. The number of aryl methyl sites for hydroxylation is 1. The standard InChI is InChI=1S/C57H87N5O19/c1-14-41-57(10,71)48(65)32(4)43(60-75-20-17-58)30(2)25-55(8,70)49(80-53-46(64)40(61(11)12)22-31(3)76-53)33(5)47(34(6)52(68)78-41)79-42-26-56(9,72-13)50(35(7)77-42)81-54(69)59-18-21-73-19-15-16-36-23-37-28-74-29-62-27-39(51(66)67)45(63)38(24-36)44(37)62/h23-24,27,30-35,40-42,46-50,53,64-65,70-71H,14-16,18-22,25-26,28-29H2,1-13H3,(H,59,69)(H,66,67)/b60-43+/t30-,31+,32+,33+,34-,35+,40-,41-,42+,46+,47+,48-,49-,50+,53-,55-,56-,57-/m1/s1. The number of ether oxygens (including phenoxy) is 9. The number of oxime groups is 1. The van der Waals surface area contributed by atoms with Crippen LogP contribution in [0.15, 0.2) is 28.3 Å². The van der Waals surface area contributed by atoms with Crippen LogP contribution in [0.1, 0.15) is 123 Å². The highest BCUT2D eigenvalue weighted by molar-refractivity contribution is 5.94. The van der Waals surface area contributed by atoms with E-state index in [4.69, 9.17) is 47.5 Å². The fraction of sp³-hybridized carbons (Fsp3) is 0.754. The molecule has 2 aromatic rings. The first-order valence-electron chi connectivity index (χ1n) is 28.0. The third-order valence-corrected chi connectivity index (χ3v) is 16.6. The van der Waals surface area contributed by atoms with Crippen LogP contribution < -0.4 is 10.7 Å². The van der Waals surface area contributed by atoms with Gasteiger partial charge in [-0.15, -0.1) is 0 Å². The molecule has 5 heterocycles. The summed E-state index contributed by atoms with van der Waals surface area (Å²) in [5, 5.41) is 74.9. The normalized spacial score (nSPS) is 36.6. The maximum absolute atomic E-state index is 14.6. The van der Waals surface area contributed by atoms with Crippen LogP contribution in [0.2, 0.25) is 0 Å². The maximum Gasteiger partial charge on any atom is 0.407 e. The molecule has 0 spiro atoms. The van der Waals surface area contributed by atoms with Crippen LogP contribution in [0, 0.1) is 35.0 Å². The van der Waals surface area contributed by atoms with Crippen molar-refractivity contribution in [3.63, 3.8) is 0 Å². The van der Waals surface area contributed by atoms with Crippen LogP contribution in [0.4, 0.5) is 4.79 Å². The molecular formula is C57H87N5O19. The van der Waals surface area contributed by atoms with Gasteiger partial charge in [0, 0.05) is 67.6 Å². The minimum absolute atomic E-state index is 0.0349. The number of methoxy groups -OCH3 is 1. The highest BCUT2D eigenvalue weighted by Gasteiger charge is 2.54. The van der Waals surface area contributed by atoms with Gasteiger partial charge in [-0.2, -0.15) is 5.26 Å². The number of carbonyl (C=O) groups is 3. The third-order valence-electron chi connectivity index (χ3n) is 16.6. The molecule has 4 aliphatic heterocycles. The number of aromatic carboxylic acids is 1. The Bertz CT molecular complexity index is 2620. The minimum atomic E-state index is -2.05. The predicted molar refractivity (Wildman–Crippen MR) is 292 cm³/mol. The number of cyclic esters (lactones) is 1. The topological polar surface area (TPSA) is 318 Å². The molecule has 0 bridgehead atoms. The second-order valence-corrected chi connectivity index (χ2v) is 23.3. The molecule has 18 atom stereocenters. The Morgan fingerprint density at radius 2 is 1.70 bits per heavy atom. The summed E-state index contributed by atoms with van der Waals surface area (Å²) in [4.78, 5) is 60.1. The second-order valence-electron chi connectivity index (χ2n) is 23.3. The first-order chi connectivity index (χ1) is 38.1. The summed E-state index contributed by atoms with van der Waals surface area (Å²) < 4.78 is 57.6. The Balaban J connectivity index is 1.18. The summed E-state index contributed by atoms with van der Waals surface area (Å²) in [6, 6.07) is 5.14. The molecule has 3 fully saturated rings. The number of nitrogens with one attached hydrogen (secondary N) is 1. The Morgan fingerprint density at radius 3 is 2.36 bits per heavy atom. The number of carboxylic acids is 1. The Hall–Kier alpha value is -4.88. The number of alkyl carbamates (subject to hydrolysis) is 1. The number of carbonyl (C=O) groups excluding carboxylic acids is 2. The molecule has 6 rings (SSSR count). The Morgan fingerprint density at radius 1 is 0.988 bits per heavy atom. The van der Waals surface area contributed by atoms with Gasteiger partial charge in [-0.25, -0.2) is 9.59 Å². The smallest absolute Gasteiger partial charge is 0.407 e. The number of benzene rings is 1. The van der Waals surface area contributed by atoms with Gasteiger partial charge in [-0.05, 0) is 99.4 Å². The van der Waals surface area contributed by atoms with Gasteiger partial charge in [-0.3, -0.25) is 9.59 Å². The molecule has 24 heteroatoms. The van der Waals surface area contributed by atoms with Crippen molar-refractivity contribution in [1.82, 2.24) is 14.8 Å². The number of aliphatic hydroxyl groups excluding tert-OH is 2. The van der Waals surface area contributed by atoms with E-state index in [1.54, 1.807) is 59.1 Å². The fourth-order valence-electron chi connectivity index (χ4n) is 12.3. The molecule has 1 aromatic heterocycles. The predicted octanol–water partition coefficient (Wildman–Crippen LogP) is 4.00.